The highest BCUT2D eigenvalue weighted by Gasteiger charge is 2.22. The second-order valence-corrected chi connectivity index (χ2v) is 3.32. The van der Waals surface area contributed by atoms with Gasteiger partial charge in [-0.2, -0.15) is 0 Å². The summed E-state index contributed by atoms with van der Waals surface area (Å²) in [6, 6.07) is 1.67. The van der Waals surface area contributed by atoms with Crippen LogP contribution in [0.25, 0.3) is 0 Å². The average molecular weight is 258 g/mol. The third kappa shape index (κ3) is 3.14. The van der Waals surface area contributed by atoms with Crippen LogP contribution in [0.2, 0.25) is 0 Å². The molecule has 0 aromatic heterocycles. The van der Waals surface area contributed by atoms with Gasteiger partial charge >= 0.3 is 5.97 Å². The first kappa shape index (κ1) is 13.8. The van der Waals surface area contributed by atoms with Crippen molar-refractivity contribution >= 4 is 17.3 Å². The molecule has 8 heteroatoms. The molecule has 2 N–H and O–H groups in total. The number of rotatable bonds is 5. The Labute approximate surface area is 101 Å². The Bertz CT molecular complexity index is 466. The molecule has 0 radical (unpaired) electrons. The van der Waals surface area contributed by atoms with Gasteiger partial charge in [0.1, 0.15) is 17.5 Å². The Balaban J connectivity index is 3.02. The fraction of sp³-hybridized carbons (Fsp3) is 0.300. The van der Waals surface area contributed by atoms with E-state index in [0.717, 1.165) is 19.2 Å². The van der Waals surface area contributed by atoms with Crippen LogP contribution in [0.15, 0.2) is 18.2 Å². The number of hydrogen-bond donors (Lipinski definition) is 2. The minimum absolute atomic E-state index is 0.0779. The number of carbonyl (C=O) groups excluding carboxylic acids is 1. The molecule has 0 amide bonds. The highest BCUT2D eigenvalue weighted by molar-refractivity contribution is 5.80. The van der Waals surface area contributed by atoms with Crippen molar-refractivity contribution in [2.24, 2.45) is 0 Å². The van der Waals surface area contributed by atoms with Crippen molar-refractivity contribution in [2.75, 3.05) is 19.0 Å². The minimum atomic E-state index is -1.15. The largest absolute Gasteiger partial charge is 0.467 e. The molecule has 7 nitrogen and oxygen atoms in total. The van der Waals surface area contributed by atoms with Gasteiger partial charge in [0.15, 0.2) is 0 Å². The average Bonchev–Trinajstić information content (AvgIpc) is 2.36. The van der Waals surface area contributed by atoms with Crippen LogP contribution in [0.5, 0.6) is 0 Å². The number of nitrogens with one attached hydrogen (secondary N) is 1. The highest BCUT2D eigenvalue weighted by atomic mass is 19.1. The summed E-state index contributed by atoms with van der Waals surface area (Å²) in [7, 11) is 1.12. The third-order valence-corrected chi connectivity index (χ3v) is 2.15. The number of ether oxygens (including phenoxy) is 1. The van der Waals surface area contributed by atoms with Crippen LogP contribution in [-0.2, 0) is 9.53 Å². The normalized spacial score (nSPS) is 11.7. The second-order valence-electron chi connectivity index (χ2n) is 3.32. The Morgan fingerprint density at radius 3 is 2.83 bits per heavy atom. The van der Waals surface area contributed by atoms with Crippen molar-refractivity contribution in [2.45, 2.75) is 6.04 Å². The van der Waals surface area contributed by atoms with Crippen molar-refractivity contribution in [1.29, 1.82) is 0 Å². The summed E-state index contributed by atoms with van der Waals surface area (Å²) < 4.78 is 17.3. The van der Waals surface area contributed by atoms with Gasteiger partial charge < -0.3 is 15.2 Å². The third-order valence-electron chi connectivity index (χ3n) is 2.15. The topological polar surface area (TPSA) is 102 Å². The number of nitro groups is 1. The number of aliphatic hydroxyl groups excluding tert-OH is 1. The summed E-state index contributed by atoms with van der Waals surface area (Å²) in [5.74, 6) is -1.55. The van der Waals surface area contributed by atoms with E-state index in [1.165, 1.54) is 0 Å². The summed E-state index contributed by atoms with van der Waals surface area (Å²) in [6.45, 7) is -0.610. The van der Waals surface area contributed by atoms with Crippen LogP contribution < -0.4 is 5.32 Å². The van der Waals surface area contributed by atoms with E-state index >= 15 is 0 Å². The molecule has 1 unspecified atom stereocenters. The monoisotopic (exact) mass is 258 g/mol. The number of hydrogen-bond acceptors (Lipinski definition) is 6. The maximum atomic E-state index is 12.9. The zero-order chi connectivity index (χ0) is 13.7. The summed E-state index contributed by atoms with van der Waals surface area (Å²) in [6.07, 6.45) is 0. The molecule has 98 valence electrons. The highest BCUT2D eigenvalue weighted by Crippen LogP contribution is 2.25. The molecule has 0 aliphatic carbocycles. The number of esters is 1. The number of aliphatic hydroxyl groups is 1. The number of methoxy groups -OCH3 is 1. The second kappa shape index (κ2) is 5.92. The van der Waals surface area contributed by atoms with Gasteiger partial charge in [-0.3, -0.25) is 10.1 Å². The number of nitro benzene ring substituents is 1. The smallest absolute Gasteiger partial charge is 0.330 e. The maximum absolute atomic E-state index is 12.9. The summed E-state index contributed by atoms with van der Waals surface area (Å²) >= 11 is 0. The van der Waals surface area contributed by atoms with Crippen LogP contribution in [0.1, 0.15) is 0 Å². The molecule has 0 aliphatic heterocycles. The van der Waals surface area contributed by atoms with E-state index in [4.69, 9.17) is 5.11 Å². The predicted octanol–water partition coefficient (Wildman–Crippen LogP) is 0.680. The standard InChI is InChI=1S/C10H11FN2O5/c1-18-10(15)8(5-14)12-7-3-2-6(11)4-9(7)13(16)17/h2-4,8,12,14H,5H2,1H3. The van der Waals surface area contributed by atoms with Crippen molar-refractivity contribution in [1.82, 2.24) is 0 Å². The van der Waals surface area contributed by atoms with Crippen molar-refractivity contribution in [3.63, 3.8) is 0 Å². The Kier molecular flexibility index (Phi) is 4.55. The van der Waals surface area contributed by atoms with Gasteiger partial charge in [0.2, 0.25) is 0 Å². The van der Waals surface area contributed by atoms with E-state index in [1.807, 2.05) is 0 Å². The van der Waals surface area contributed by atoms with E-state index in [2.05, 4.69) is 10.1 Å². The van der Waals surface area contributed by atoms with Crippen LogP contribution in [0.3, 0.4) is 0 Å². The lowest BCUT2D eigenvalue weighted by Crippen LogP contribution is -2.34. The van der Waals surface area contributed by atoms with E-state index < -0.39 is 35.0 Å². The Morgan fingerprint density at radius 2 is 2.33 bits per heavy atom. The first-order valence-corrected chi connectivity index (χ1v) is 4.88. The zero-order valence-corrected chi connectivity index (χ0v) is 9.42. The Morgan fingerprint density at radius 1 is 1.67 bits per heavy atom. The van der Waals surface area contributed by atoms with E-state index in [0.29, 0.717) is 6.07 Å². The predicted molar refractivity (Wildman–Crippen MR) is 59.6 cm³/mol. The number of anilines is 1. The van der Waals surface area contributed by atoms with Crippen molar-refractivity contribution in [3.05, 3.63) is 34.1 Å². The molecule has 1 rings (SSSR count). The molecular formula is C10H11FN2O5. The molecule has 0 saturated carbocycles. The molecule has 1 aromatic rings. The molecule has 0 fully saturated rings. The number of nitrogens with zero attached hydrogens (tertiary/aromatic N) is 1. The first-order chi connectivity index (χ1) is 8.49. The molecule has 0 saturated heterocycles. The number of benzene rings is 1. The zero-order valence-electron chi connectivity index (χ0n) is 9.42. The maximum Gasteiger partial charge on any atom is 0.330 e. The van der Waals surface area contributed by atoms with Crippen LogP contribution >= 0.6 is 0 Å². The van der Waals surface area contributed by atoms with Gasteiger partial charge in [0.25, 0.3) is 5.69 Å². The van der Waals surface area contributed by atoms with Crippen LogP contribution in [0.4, 0.5) is 15.8 Å². The van der Waals surface area contributed by atoms with Gasteiger partial charge in [0, 0.05) is 0 Å². The summed E-state index contributed by atoms with van der Waals surface area (Å²) in [4.78, 5) is 21.1. The molecule has 1 aromatic carbocycles. The van der Waals surface area contributed by atoms with E-state index in [-0.39, 0.29) is 5.69 Å². The lowest BCUT2D eigenvalue weighted by atomic mass is 10.2. The molecule has 18 heavy (non-hydrogen) atoms. The summed E-state index contributed by atoms with van der Waals surface area (Å²) in [5.41, 5.74) is -0.608. The fourth-order valence-corrected chi connectivity index (χ4v) is 1.29. The van der Waals surface area contributed by atoms with Crippen LogP contribution in [-0.4, -0.2) is 35.8 Å². The van der Waals surface area contributed by atoms with Crippen LogP contribution in [0, 0.1) is 15.9 Å². The first-order valence-electron chi connectivity index (χ1n) is 4.88. The molecular weight excluding hydrogens is 247 g/mol. The number of halogens is 1. The number of carbonyl (C=O) groups is 1. The van der Waals surface area contributed by atoms with E-state index in [9.17, 15) is 19.3 Å². The van der Waals surface area contributed by atoms with Gasteiger partial charge in [-0.15, -0.1) is 0 Å². The van der Waals surface area contributed by atoms with Gasteiger partial charge in [-0.05, 0) is 12.1 Å². The van der Waals surface area contributed by atoms with Gasteiger partial charge in [0.05, 0.1) is 24.7 Å². The van der Waals surface area contributed by atoms with E-state index in [1.54, 1.807) is 0 Å². The van der Waals surface area contributed by atoms with Crippen molar-refractivity contribution in [3.8, 4) is 0 Å². The van der Waals surface area contributed by atoms with Crippen molar-refractivity contribution < 1.29 is 24.0 Å². The molecule has 0 bridgehead atoms. The molecule has 0 spiro atoms. The van der Waals surface area contributed by atoms with Gasteiger partial charge in [-0.1, -0.05) is 0 Å². The molecule has 1 atom stereocenters. The minimum Gasteiger partial charge on any atom is -0.467 e. The quantitative estimate of drug-likeness (QED) is 0.457. The summed E-state index contributed by atoms with van der Waals surface area (Å²) in [5, 5.41) is 22.1. The molecule has 0 heterocycles. The Hall–Kier alpha value is -2.22. The van der Waals surface area contributed by atoms with Gasteiger partial charge in [-0.25, -0.2) is 9.18 Å². The fourth-order valence-electron chi connectivity index (χ4n) is 1.29. The SMILES string of the molecule is COC(=O)C(CO)Nc1ccc(F)cc1[N+](=O)[O-]. The lowest BCUT2D eigenvalue weighted by Gasteiger charge is -2.14. The lowest BCUT2D eigenvalue weighted by molar-refractivity contribution is -0.384. The molecule has 0 aliphatic rings.